The number of anilines is 1. The van der Waals surface area contributed by atoms with Crippen LogP contribution in [0.5, 0.6) is 5.75 Å². The standard InChI is InChI=1S/C25H26F2N2O2/c1-17-8-11-21(16-18(17)2)29(24(30)23(28)20-6-4-3-5-7-20)15-14-19-9-12-22(13-10-19)31-25(26)27/h3-13,16,23,25H,14-15,28H2,1-2H3. The van der Waals surface area contributed by atoms with Crippen molar-refractivity contribution in [2.45, 2.75) is 32.9 Å². The summed E-state index contributed by atoms with van der Waals surface area (Å²) in [5, 5.41) is 0. The molecule has 0 heterocycles. The Balaban J connectivity index is 1.82. The molecule has 3 aromatic rings. The van der Waals surface area contributed by atoms with Crippen molar-refractivity contribution in [3.63, 3.8) is 0 Å². The molecule has 0 spiro atoms. The van der Waals surface area contributed by atoms with E-state index >= 15 is 0 Å². The van der Waals surface area contributed by atoms with E-state index in [1.807, 2.05) is 62.4 Å². The average Bonchev–Trinajstić information content (AvgIpc) is 2.77. The molecule has 1 atom stereocenters. The van der Waals surface area contributed by atoms with Gasteiger partial charge in [0.1, 0.15) is 11.8 Å². The topological polar surface area (TPSA) is 55.6 Å². The summed E-state index contributed by atoms with van der Waals surface area (Å²) in [6.45, 7) is 1.56. The Morgan fingerprint density at radius 1 is 0.968 bits per heavy atom. The molecule has 1 amide bonds. The lowest BCUT2D eigenvalue weighted by Crippen LogP contribution is -2.40. The van der Waals surface area contributed by atoms with Gasteiger partial charge < -0.3 is 15.4 Å². The van der Waals surface area contributed by atoms with Crippen LogP contribution in [0.2, 0.25) is 0 Å². The van der Waals surface area contributed by atoms with E-state index in [2.05, 4.69) is 4.74 Å². The number of nitrogens with zero attached hydrogens (tertiary/aromatic N) is 1. The van der Waals surface area contributed by atoms with Gasteiger partial charge in [0.25, 0.3) is 0 Å². The highest BCUT2D eigenvalue weighted by molar-refractivity contribution is 5.97. The third kappa shape index (κ3) is 5.89. The smallest absolute Gasteiger partial charge is 0.387 e. The second-order valence-electron chi connectivity index (χ2n) is 7.42. The predicted molar refractivity (Wildman–Crippen MR) is 118 cm³/mol. The Hall–Kier alpha value is -3.25. The first-order chi connectivity index (χ1) is 14.8. The maximum absolute atomic E-state index is 13.3. The van der Waals surface area contributed by atoms with Crippen molar-refractivity contribution in [2.75, 3.05) is 11.4 Å². The monoisotopic (exact) mass is 424 g/mol. The Morgan fingerprint density at radius 3 is 2.26 bits per heavy atom. The fourth-order valence-electron chi connectivity index (χ4n) is 3.31. The molecule has 0 saturated carbocycles. The number of hydrogen-bond donors (Lipinski definition) is 1. The van der Waals surface area contributed by atoms with Crippen molar-refractivity contribution in [3.05, 3.63) is 95.1 Å². The van der Waals surface area contributed by atoms with Gasteiger partial charge in [0.2, 0.25) is 5.91 Å². The number of aryl methyl sites for hydroxylation is 2. The quantitative estimate of drug-likeness (QED) is 0.542. The van der Waals surface area contributed by atoms with Crippen molar-refractivity contribution in [1.82, 2.24) is 0 Å². The van der Waals surface area contributed by atoms with Crippen molar-refractivity contribution in [2.24, 2.45) is 5.73 Å². The van der Waals surface area contributed by atoms with Gasteiger partial charge in [-0.1, -0.05) is 48.5 Å². The van der Waals surface area contributed by atoms with Crippen LogP contribution in [0, 0.1) is 13.8 Å². The van der Waals surface area contributed by atoms with Crippen LogP contribution in [0.25, 0.3) is 0 Å². The number of nitrogens with two attached hydrogens (primary N) is 1. The van der Waals surface area contributed by atoms with Gasteiger partial charge in [0, 0.05) is 12.2 Å². The maximum Gasteiger partial charge on any atom is 0.387 e. The number of ether oxygens (including phenoxy) is 1. The Kier molecular flexibility index (Phi) is 7.36. The molecule has 6 heteroatoms. The summed E-state index contributed by atoms with van der Waals surface area (Å²) in [5.41, 5.74) is 10.9. The first-order valence-corrected chi connectivity index (χ1v) is 10.1. The zero-order chi connectivity index (χ0) is 22.4. The molecule has 0 bridgehead atoms. The van der Waals surface area contributed by atoms with Gasteiger partial charge in [-0.3, -0.25) is 4.79 Å². The first-order valence-electron chi connectivity index (χ1n) is 10.1. The zero-order valence-electron chi connectivity index (χ0n) is 17.6. The fourth-order valence-corrected chi connectivity index (χ4v) is 3.31. The summed E-state index contributed by atoms with van der Waals surface area (Å²) in [6.07, 6.45) is 0.537. The number of halogens is 2. The molecular weight excluding hydrogens is 398 g/mol. The Morgan fingerprint density at radius 2 is 1.65 bits per heavy atom. The zero-order valence-corrected chi connectivity index (χ0v) is 17.6. The third-order valence-electron chi connectivity index (χ3n) is 5.27. The molecule has 3 rings (SSSR count). The lowest BCUT2D eigenvalue weighted by Gasteiger charge is -2.27. The number of carbonyl (C=O) groups excluding carboxylic acids is 1. The highest BCUT2D eigenvalue weighted by atomic mass is 19.3. The molecule has 2 N–H and O–H groups in total. The molecule has 0 saturated heterocycles. The van der Waals surface area contributed by atoms with Crippen LogP contribution in [0.15, 0.2) is 72.8 Å². The number of benzene rings is 3. The number of carbonyl (C=O) groups is 1. The molecule has 0 radical (unpaired) electrons. The summed E-state index contributed by atoms with van der Waals surface area (Å²) in [5.74, 6) is -0.0981. The van der Waals surface area contributed by atoms with Gasteiger partial charge in [0.15, 0.2) is 0 Å². The summed E-state index contributed by atoms with van der Waals surface area (Å²) < 4.78 is 29.1. The van der Waals surface area contributed by atoms with Crippen molar-refractivity contribution in [1.29, 1.82) is 0 Å². The van der Waals surface area contributed by atoms with Crippen LogP contribution >= 0.6 is 0 Å². The molecular formula is C25H26F2N2O2. The van der Waals surface area contributed by atoms with Crippen LogP contribution in [0.4, 0.5) is 14.5 Å². The molecule has 1 unspecified atom stereocenters. The van der Waals surface area contributed by atoms with Crippen molar-refractivity contribution >= 4 is 11.6 Å². The van der Waals surface area contributed by atoms with E-state index in [-0.39, 0.29) is 11.7 Å². The molecule has 0 fully saturated rings. The largest absolute Gasteiger partial charge is 0.435 e. The lowest BCUT2D eigenvalue weighted by molar-refractivity contribution is -0.120. The molecule has 3 aromatic carbocycles. The molecule has 0 aliphatic carbocycles. The van der Waals surface area contributed by atoms with E-state index < -0.39 is 12.7 Å². The van der Waals surface area contributed by atoms with Gasteiger partial charge in [-0.25, -0.2) is 0 Å². The van der Waals surface area contributed by atoms with Crippen LogP contribution < -0.4 is 15.4 Å². The van der Waals surface area contributed by atoms with Gasteiger partial charge in [0.05, 0.1) is 0 Å². The predicted octanol–water partition coefficient (Wildman–Crippen LogP) is 5.18. The highest BCUT2D eigenvalue weighted by Crippen LogP contribution is 2.24. The minimum atomic E-state index is -2.86. The summed E-state index contributed by atoms with van der Waals surface area (Å²) >= 11 is 0. The van der Waals surface area contributed by atoms with Crippen molar-refractivity contribution in [3.8, 4) is 5.75 Å². The molecule has 0 aromatic heterocycles. The first kappa shape index (κ1) is 22.4. The van der Waals surface area contributed by atoms with E-state index in [4.69, 9.17) is 5.73 Å². The van der Waals surface area contributed by atoms with E-state index in [0.29, 0.717) is 13.0 Å². The average molecular weight is 424 g/mol. The second kappa shape index (κ2) is 10.2. The van der Waals surface area contributed by atoms with E-state index in [1.165, 1.54) is 12.1 Å². The Labute approximate surface area is 181 Å². The number of alkyl halides is 2. The van der Waals surface area contributed by atoms with Gasteiger partial charge in [-0.05, 0) is 66.8 Å². The Bertz CT molecular complexity index is 1010. The number of hydrogen-bond acceptors (Lipinski definition) is 3. The number of amides is 1. The van der Waals surface area contributed by atoms with E-state index in [1.54, 1.807) is 17.0 Å². The third-order valence-corrected chi connectivity index (χ3v) is 5.27. The lowest BCUT2D eigenvalue weighted by atomic mass is 10.0. The van der Waals surface area contributed by atoms with Crippen molar-refractivity contribution < 1.29 is 18.3 Å². The minimum absolute atomic E-state index is 0.104. The summed E-state index contributed by atoms with van der Waals surface area (Å²) in [4.78, 5) is 15.0. The molecule has 31 heavy (non-hydrogen) atoms. The van der Waals surface area contributed by atoms with Crippen LogP contribution in [0.3, 0.4) is 0 Å². The van der Waals surface area contributed by atoms with Gasteiger partial charge in [-0.2, -0.15) is 8.78 Å². The summed E-state index contributed by atoms with van der Waals surface area (Å²) in [6, 6.07) is 20.8. The fraction of sp³-hybridized carbons (Fsp3) is 0.240. The number of rotatable bonds is 8. The maximum atomic E-state index is 13.3. The molecule has 0 aliphatic heterocycles. The van der Waals surface area contributed by atoms with Crippen LogP contribution in [0.1, 0.15) is 28.3 Å². The minimum Gasteiger partial charge on any atom is -0.435 e. The van der Waals surface area contributed by atoms with Crippen LogP contribution in [-0.2, 0) is 11.2 Å². The van der Waals surface area contributed by atoms with Gasteiger partial charge >= 0.3 is 6.61 Å². The van der Waals surface area contributed by atoms with E-state index in [0.717, 1.165) is 27.9 Å². The second-order valence-corrected chi connectivity index (χ2v) is 7.42. The van der Waals surface area contributed by atoms with E-state index in [9.17, 15) is 13.6 Å². The molecule has 0 aliphatic rings. The van der Waals surface area contributed by atoms with Crippen LogP contribution in [-0.4, -0.2) is 19.1 Å². The molecule has 4 nitrogen and oxygen atoms in total. The normalized spacial score (nSPS) is 11.9. The highest BCUT2D eigenvalue weighted by Gasteiger charge is 2.24. The molecule has 162 valence electrons. The SMILES string of the molecule is Cc1ccc(N(CCc2ccc(OC(F)F)cc2)C(=O)C(N)c2ccccc2)cc1C. The van der Waals surface area contributed by atoms with Gasteiger partial charge in [-0.15, -0.1) is 0 Å². The summed E-state index contributed by atoms with van der Waals surface area (Å²) in [7, 11) is 0.